The van der Waals surface area contributed by atoms with E-state index in [-0.39, 0.29) is 109 Å². The van der Waals surface area contributed by atoms with Crippen molar-refractivity contribution in [2.45, 2.75) is 71.1 Å². The fourth-order valence-electron chi connectivity index (χ4n) is 1.77. The maximum atomic E-state index is 10.4. The molecule has 0 spiro atoms. The summed E-state index contributed by atoms with van der Waals surface area (Å²) in [7, 11) is -4.24. The number of hydrogen-bond acceptors (Lipinski definition) is 2. The topological polar surface area (TPSA) is 66.8 Å². The van der Waals surface area contributed by atoms with Crippen LogP contribution in [0.3, 0.4) is 0 Å². The van der Waals surface area contributed by atoms with Crippen molar-refractivity contribution in [2.75, 3.05) is 6.61 Å². The SMILES string of the molecule is CCCCCCCCCCCCOP(=O)(O)O.[K].[K]. The van der Waals surface area contributed by atoms with E-state index in [1.54, 1.807) is 0 Å². The van der Waals surface area contributed by atoms with Crippen LogP contribution < -0.4 is 0 Å². The second kappa shape index (κ2) is 19.4. The van der Waals surface area contributed by atoms with Crippen molar-refractivity contribution in [2.24, 2.45) is 0 Å². The van der Waals surface area contributed by atoms with Crippen LogP contribution in [-0.4, -0.2) is 119 Å². The molecule has 0 aromatic carbocycles. The fraction of sp³-hybridized carbons (Fsp3) is 1.00. The van der Waals surface area contributed by atoms with Crippen LogP contribution in [0.1, 0.15) is 71.1 Å². The minimum Gasteiger partial charge on any atom is -0.303 e. The monoisotopic (exact) mass is 344 g/mol. The molecule has 0 bridgehead atoms. The van der Waals surface area contributed by atoms with Gasteiger partial charge in [-0.3, -0.25) is 4.52 Å². The molecule has 0 heterocycles. The maximum absolute atomic E-state index is 10.4. The molecule has 106 valence electrons. The molecule has 0 aromatic heterocycles. The molecule has 0 aliphatic rings. The second-order valence-electron chi connectivity index (χ2n) is 4.51. The summed E-state index contributed by atoms with van der Waals surface area (Å²) in [5.41, 5.74) is 0. The third kappa shape index (κ3) is 26.6. The zero-order valence-electron chi connectivity index (χ0n) is 12.9. The fourth-order valence-corrected chi connectivity index (χ4v) is 2.14. The van der Waals surface area contributed by atoms with Crippen molar-refractivity contribution in [3.8, 4) is 0 Å². The Balaban J connectivity index is -0.00000128. The van der Waals surface area contributed by atoms with Crippen LogP contribution >= 0.6 is 7.82 Å². The average molecular weight is 345 g/mol. The minimum atomic E-state index is -4.24. The van der Waals surface area contributed by atoms with E-state index in [4.69, 9.17) is 9.79 Å². The van der Waals surface area contributed by atoms with E-state index in [1.165, 1.54) is 44.9 Å². The van der Waals surface area contributed by atoms with Crippen molar-refractivity contribution >= 4 is 111 Å². The summed E-state index contributed by atoms with van der Waals surface area (Å²) in [5, 5.41) is 0. The van der Waals surface area contributed by atoms with E-state index in [0.717, 1.165) is 19.3 Å². The van der Waals surface area contributed by atoms with Gasteiger partial charge in [-0.05, 0) is 6.42 Å². The summed E-state index contributed by atoms with van der Waals surface area (Å²) >= 11 is 0. The molecule has 0 fully saturated rings. The summed E-state index contributed by atoms with van der Waals surface area (Å²) < 4.78 is 14.7. The molecule has 0 saturated heterocycles. The number of phosphoric acid groups is 1. The van der Waals surface area contributed by atoms with Gasteiger partial charge in [0.1, 0.15) is 0 Å². The third-order valence-electron chi connectivity index (χ3n) is 2.76. The first-order chi connectivity index (χ1) is 8.06. The standard InChI is InChI=1S/C12H27O4P.2K/c1-2-3-4-5-6-7-8-9-10-11-12-16-17(13,14)15;;/h2-12H2,1H3,(H2,13,14,15);;. The van der Waals surface area contributed by atoms with E-state index in [0.29, 0.717) is 0 Å². The molecular weight excluding hydrogens is 317 g/mol. The van der Waals surface area contributed by atoms with Crippen molar-refractivity contribution in [3.63, 3.8) is 0 Å². The van der Waals surface area contributed by atoms with Crippen LogP contribution in [0.15, 0.2) is 0 Å². The maximum Gasteiger partial charge on any atom is 0.469 e. The van der Waals surface area contributed by atoms with E-state index < -0.39 is 7.82 Å². The van der Waals surface area contributed by atoms with Crippen molar-refractivity contribution in [3.05, 3.63) is 0 Å². The van der Waals surface area contributed by atoms with Gasteiger partial charge in [-0.1, -0.05) is 64.7 Å². The molecule has 0 saturated carbocycles. The zero-order valence-corrected chi connectivity index (χ0v) is 20.1. The molecule has 2 radical (unpaired) electrons. The zero-order chi connectivity index (χ0) is 13.0. The Morgan fingerprint density at radius 2 is 1.16 bits per heavy atom. The van der Waals surface area contributed by atoms with Crippen molar-refractivity contribution < 1.29 is 18.9 Å². The smallest absolute Gasteiger partial charge is 0.303 e. The minimum absolute atomic E-state index is 0. The predicted molar refractivity (Wildman–Crippen MR) is 81.3 cm³/mol. The summed E-state index contributed by atoms with van der Waals surface area (Å²) in [6.07, 6.45) is 12.0. The van der Waals surface area contributed by atoms with Gasteiger partial charge < -0.3 is 9.79 Å². The number of phosphoric ester groups is 1. The van der Waals surface area contributed by atoms with Crippen LogP contribution in [-0.2, 0) is 9.09 Å². The molecule has 4 nitrogen and oxygen atoms in total. The largest absolute Gasteiger partial charge is 0.469 e. The first kappa shape index (κ1) is 27.2. The Morgan fingerprint density at radius 1 is 0.789 bits per heavy atom. The summed E-state index contributed by atoms with van der Waals surface area (Å²) in [4.78, 5) is 16.9. The van der Waals surface area contributed by atoms with Gasteiger partial charge in [-0.25, -0.2) is 4.57 Å². The third-order valence-corrected chi connectivity index (χ3v) is 3.28. The van der Waals surface area contributed by atoms with Crippen LogP contribution in [0.25, 0.3) is 0 Å². The molecule has 0 aliphatic carbocycles. The molecule has 7 heteroatoms. The molecule has 0 rings (SSSR count). The Bertz CT molecular complexity index is 212. The van der Waals surface area contributed by atoms with E-state index in [9.17, 15) is 4.57 Å². The Hall–Kier alpha value is 3.38. The number of unbranched alkanes of at least 4 members (excludes halogenated alkanes) is 9. The molecule has 0 amide bonds. The summed E-state index contributed by atoms with van der Waals surface area (Å²) in [6.45, 7) is 2.39. The predicted octanol–water partition coefficient (Wildman–Crippen LogP) is 3.26. The van der Waals surface area contributed by atoms with Gasteiger partial charge >= 0.3 is 7.82 Å². The van der Waals surface area contributed by atoms with Crippen molar-refractivity contribution in [1.82, 2.24) is 0 Å². The normalized spacial score (nSPS) is 10.7. The first-order valence-electron chi connectivity index (χ1n) is 6.76. The molecule has 0 atom stereocenters. The molecule has 0 aromatic rings. The van der Waals surface area contributed by atoms with Gasteiger partial charge in [0.15, 0.2) is 0 Å². The van der Waals surface area contributed by atoms with Gasteiger partial charge in [0.25, 0.3) is 0 Å². The van der Waals surface area contributed by atoms with Gasteiger partial charge in [-0.15, -0.1) is 0 Å². The van der Waals surface area contributed by atoms with Gasteiger partial charge in [0.2, 0.25) is 0 Å². The van der Waals surface area contributed by atoms with Crippen LogP contribution in [0.2, 0.25) is 0 Å². The van der Waals surface area contributed by atoms with E-state index in [1.807, 2.05) is 0 Å². The Kier molecular flexibility index (Phi) is 27.9. The Morgan fingerprint density at radius 3 is 1.53 bits per heavy atom. The van der Waals surface area contributed by atoms with E-state index >= 15 is 0 Å². The summed E-state index contributed by atoms with van der Waals surface area (Å²) in [5.74, 6) is 0. The molecule has 0 unspecified atom stereocenters. The van der Waals surface area contributed by atoms with Crippen LogP contribution in [0.4, 0.5) is 0 Å². The molecule has 19 heavy (non-hydrogen) atoms. The second-order valence-corrected chi connectivity index (χ2v) is 5.75. The van der Waals surface area contributed by atoms with Gasteiger partial charge in [-0.2, -0.15) is 0 Å². The Labute approximate surface area is 203 Å². The number of rotatable bonds is 12. The quantitative estimate of drug-likeness (QED) is 0.324. The van der Waals surface area contributed by atoms with Crippen LogP contribution in [0.5, 0.6) is 0 Å². The van der Waals surface area contributed by atoms with Crippen molar-refractivity contribution in [1.29, 1.82) is 0 Å². The molecule has 2 N–H and O–H groups in total. The van der Waals surface area contributed by atoms with Gasteiger partial charge in [0.05, 0.1) is 6.61 Å². The average Bonchev–Trinajstić information content (AvgIpc) is 2.24. The van der Waals surface area contributed by atoms with E-state index in [2.05, 4.69) is 11.4 Å². The van der Waals surface area contributed by atoms with Gasteiger partial charge in [0, 0.05) is 103 Å². The summed E-state index contributed by atoms with van der Waals surface area (Å²) in [6, 6.07) is 0. The van der Waals surface area contributed by atoms with Crippen LogP contribution in [0, 0.1) is 0 Å². The molecule has 0 aliphatic heterocycles. The number of hydrogen-bond donors (Lipinski definition) is 2. The molecular formula is C12H27K2O4P. The first-order valence-corrected chi connectivity index (χ1v) is 8.29.